The zero-order valence-electron chi connectivity index (χ0n) is 13.2. The summed E-state index contributed by atoms with van der Waals surface area (Å²) in [4.78, 5) is 0. The highest BCUT2D eigenvalue weighted by Crippen LogP contribution is 2.56. The van der Waals surface area contributed by atoms with E-state index in [1.54, 1.807) is 0 Å². The van der Waals surface area contributed by atoms with E-state index < -0.39 is 9.84 Å². The van der Waals surface area contributed by atoms with Gasteiger partial charge in [0.15, 0.2) is 9.84 Å². The van der Waals surface area contributed by atoms with Crippen molar-refractivity contribution in [2.75, 3.05) is 16.8 Å². The second-order valence-electron chi connectivity index (χ2n) is 8.37. The van der Waals surface area contributed by atoms with Gasteiger partial charge < -0.3 is 9.73 Å². The first kappa shape index (κ1) is 14.3. The van der Waals surface area contributed by atoms with Gasteiger partial charge in [0.2, 0.25) is 5.89 Å². The van der Waals surface area contributed by atoms with Gasteiger partial charge in [0.1, 0.15) is 0 Å². The van der Waals surface area contributed by atoms with E-state index in [0.717, 1.165) is 17.8 Å². The molecule has 0 aromatic carbocycles. The van der Waals surface area contributed by atoms with Crippen molar-refractivity contribution in [1.29, 1.82) is 0 Å². The average Bonchev–Trinajstić information content (AvgIpc) is 3.03. The number of hydrogen-bond acceptors (Lipinski definition) is 6. The molecule has 1 unspecified atom stereocenters. The van der Waals surface area contributed by atoms with Crippen LogP contribution in [0.1, 0.15) is 56.8 Å². The number of hydrogen-bond donors (Lipinski definition) is 1. The molecular formula is C16H23N3O3S. The maximum absolute atomic E-state index is 11.6. The van der Waals surface area contributed by atoms with Crippen LogP contribution in [-0.2, 0) is 9.84 Å². The van der Waals surface area contributed by atoms with Crippen LogP contribution in [0, 0.1) is 17.8 Å². The summed E-state index contributed by atoms with van der Waals surface area (Å²) in [5.41, 5.74) is 0.139. The minimum absolute atomic E-state index is 0.126. The standard InChI is InChI=1S/C16H23N3O3S/c20-23(21)2-1-13(9-23)14-18-19-15(22-14)17-16-6-10-3-11(7-16)5-12(4-10)8-16/h10-13H,1-9H2,(H,17,19). The van der Waals surface area contributed by atoms with E-state index in [1.807, 2.05) is 0 Å². The van der Waals surface area contributed by atoms with Crippen LogP contribution in [0.5, 0.6) is 0 Å². The van der Waals surface area contributed by atoms with Crippen LogP contribution >= 0.6 is 0 Å². The molecule has 5 fully saturated rings. The zero-order valence-corrected chi connectivity index (χ0v) is 14.0. The number of nitrogens with one attached hydrogen (secondary N) is 1. The Labute approximate surface area is 136 Å². The number of anilines is 1. The van der Waals surface area contributed by atoms with Gasteiger partial charge in [-0.15, -0.1) is 5.10 Å². The van der Waals surface area contributed by atoms with Crippen LogP contribution in [0.4, 0.5) is 6.01 Å². The van der Waals surface area contributed by atoms with Crippen LogP contribution in [0.3, 0.4) is 0 Å². The Kier molecular flexibility index (Phi) is 2.92. The normalized spacial score (nSPS) is 43.8. The molecule has 1 aliphatic heterocycles. The summed E-state index contributed by atoms with van der Waals surface area (Å²) < 4.78 is 29.0. The SMILES string of the molecule is O=S1(=O)CCC(c2nnc(NC34CC5CC(CC(C5)C3)C4)o2)C1. The predicted octanol–water partition coefficient (Wildman–Crippen LogP) is 2.35. The van der Waals surface area contributed by atoms with E-state index in [0.29, 0.717) is 18.3 Å². The number of nitrogens with zero attached hydrogens (tertiary/aromatic N) is 2. The number of rotatable bonds is 3. The van der Waals surface area contributed by atoms with Crippen molar-refractivity contribution in [1.82, 2.24) is 10.2 Å². The van der Waals surface area contributed by atoms with Gasteiger partial charge in [-0.3, -0.25) is 0 Å². The topological polar surface area (TPSA) is 85.1 Å². The van der Waals surface area contributed by atoms with Crippen molar-refractivity contribution in [3.05, 3.63) is 5.89 Å². The largest absolute Gasteiger partial charge is 0.408 e. The van der Waals surface area contributed by atoms with Crippen molar-refractivity contribution in [3.63, 3.8) is 0 Å². The Morgan fingerprint density at radius 2 is 1.70 bits per heavy atom. The van der Waals surface area contributed by atoms with Gasteiger partial charge in [-0.05, 0) is 62.7 Å². The molecule has 1 atom stereocenters. The van der Waals surface area contributed by atoms with Crippen molar-refractivity contribution in [3.8, 4) is 0 Å². The highest BCUT2D eigenvalue weighted by Gasteiger charge is 2.51. The van der Waals surface area contributed by atoms with Crippen LogP contribution in [0.15, 0.2) is 4.42 Å². The van der Waals surface area contributed by atoms with Gasteiger partial charge in [0.05, 0.1) is 17.4 Å². The molecule has 4 saturated carbocycles. The van der Waals surface area contributed by atoms with Gasteiger partial charge in [-0.2, -0.15) is 0 Å². The molecule has 4 aliphatic carbocycles. The van der Waals surface area contributed by atoms with Crippen molar-refractivity contribution in [2.45, 2.75) is 56.4 Å². The van der Waals surface area contributed by atoms with Gasteiger partial charge >= 0.3 is 6.01 Å². The molecule has 1 aromatic heterocycles. The third-order valence-electron chi connectivity index (χ3n) is 6.43. The fourth-order valence-electron chi connectivity index (χ4n) is 5.93. The Morgan fingerprint density at radius 1 is 1.04 bits per heavy atom. The van der Waals surface area contributed by atoms with E-state index in [4.69, 9.17) is 4.42 Å². The molecule has 126 valence electrons. The summed E-state index contributed by atoms with van der Waals surface area (Å²) in [5, 5.41) is 11.8. The molecular weight excluding hydrogens is 314 g/mol. The lowest BCUT2D eigenvalue weighted by atomic mass is 9.53. The molecule has 5 aliphatic rings. The van der Waals surface area contributed by atoms with Crippen LogP contribution in [-0.4, -0.2) is 35.7 Å². The number of sulfone groups is 1. The molecule has 7 heteroatoms. The van der Waals surface area contributed by atoms with E-state index in [1.165, 1.54) is 38.5 Å². The summed E-state index contributed by atoms with van der Waals surface area (Å²) in [6.07, 6.45) is 8.45. The Bertz CT molecular complexity index is 691. The smallest absolute Gasteiger partial charge is 0.315 e. The molecule has 0 radical (unpaired) electrons. The number of aromatic nitrogens is 2. The fraction of sp³-hybridized carbons (Fsp3) is 0.875. The highest BCUT2D eigenvalue weighted by molar-refractivity contribution is 7.91. The zero-order chi connectivity index (χ0) is 15.7. The average molecular weight is 337 g/mol. The van der Waals surface area contributed by atoms with Gasteiger partial charge in [-0.25, -0.2) is 8.42 Å². The molecule has 2 heterocycles. The lowest BCUT2D eigenvalue weighted by molar-refractivity contribution is 0.00957. The van der Waals surface area contributed by atoms with Crippen LogP contribution in [0.25, 0.3) is 0 Å². The molecule has 0 spiro atoms. The first-order valence-electron chi connectivity index (χ1n) is 8.81. The highest BCUT2D eigenvalue weighted by atomic mass is 32.2. The van der Waals surface area contributed by atoms with Crippen molar-refractivity contribution < 1.29 is 12.8 Å². The second-order valence-corrected chi connectivity index (χ2v) is 10.6. The van der Waals surface area contributed by atoms with Crippen LogP contribution < -0.4 is 5.32 Å². The molecule has 1 saturated heterocycles. The summed E-state index contributed by atoms with van der Waals surface area (Å²) in [6.45, 7) is 0. The molecule has 6 rings (SSSR count). The molecule has 6 nitrogen and oxygen atoms in total. The van der Waals surface area contributed by atoms with Gasteiger partial charge in [-0.1, -0.05) is 5.10 Å². The minimum Gasteiger partial charge on any atom is -0.408 e. The lowest BCUT2D eigenvalue weighted by Gasteiger charge is -2.56. The maximum Gasteiger partial charge on any atom is 0.315 e. The Balaban J connectivity index is 1.34. The van der Waals surface area contributed by atoms with Gasteiger partial charge in [0, 0.05) is 5.54 Å². The second kappa shape index (κ2) is 4.71. The summed E-state index contributed by atoms with van der Waals surface area (Å²) in [6, 6.07) is 0.492. The predicted molar refractivity (Wildman–Crippen MR) is 84.8 cm³/mol. The molecule has 23 heavy (non-hydrogen) atoms. The van der Waals surface area contributed by atoms with E-state index in [-0.39, 0.29) is 23.0 Å². The first-order chi connectivity index (χ1) is 11.0. The molecule has 0 amide bonds. The van der Waals surface area contributed by atoms with E-state index in [9.17, 15) is 8.42 Å². The Hall–Kier alpha value is -1.11. The van der Waals surface area contributed by atoms with E-state index >= 15 is 0 Å². The molecule has 1 aromatic rings. The van der Waals surface area contributed by atoms with Gasteiger partial charge in [0.25, 0.3) is 0 Å². The summed E-state index contributed by atoms with van der Waals surface area (Å²) in [5.74, 6) is 3.31. The third kappa shape index (κ3) is 2.47. The summed E-state index contributed by atoms with van der Waals surface area (Å²) >= 11 is 0. The first-order valence-corrected chi connectivity index (χ1v) is 10.6. The van der Waals surface area contributed by atoms with E-state index in [2.05, 4.69) is 15.5 Å². The van der Waals surface area contributed by atoms with Crippen molar-refractivity contribution in [2.24, 2.45) is 17.8 Å². The summed E-state index contributed by atoms with van der Waals surface area (Å²) in [7, 11) is -2.93. The quantitative estimate of drug-likeness (QED) is 0.911. The van der Waals surface area contributed by atoms with Crippen molar-refractivity contribution >= 4 is 15.9 Å². The molecule has 1 N–H and O–H groups in total. The lowest BCUT2D eigenvalue weighted by Crippen LogP contribution is -2.54. The third-order valence-corrected chi connectivity index (χ3v) is 8.20. The maximum atomic E-state index is 11.6. The fourth-order valence-corrected chi connectivity index (χ4v) is 7.66. The van der Waals surface area contributed by atoms with Crippen LogP contribution in [0.2, 0.25) is 0 Å². The Morgan fingerprint density at radius 3 is 2.26 bits per heavy atom. The molecule has 4 bridgehead atoms. The monoisotopic (exact) mass is 337 g/mol. The minimum atomic E-state index is -2.93.